The minimum atomic E-state index is -0.323. The molecule has 160 valence electrons. The lowest BCUT2D eigenvalue weighted by Gasteiger charge is -2.39. The highest BCUT2D eigenvalue weighted by Crippen LogP contribution is 2.30. The largest absolute Gasteiger partial charge is 0.322 e. The van der Waals surface area contributed by atoms with Crippen molar-refractivity contribution in [2.24, 2.45) is 0 Å². The Morgan fingerprint density at radius 1 is 0.935 bits per heavy atom. The van der Waals surface area contributed by atoms with Crippen molar-refractivity contribution >= 4 is 23.3 Å². The highest BCUT2D eigenvalue weighted by atomic mass is 35.5. The zero-order valence-electron chi connectivity index (χ0n) is 17.4. The number of hydrogen-bond donors (Lipinski definition) is 1. The Labute approximate surface area is 187 Å². The zero-order valence-corrected chi connectivity index (χ0v) is 18.1. The third kappa shape index (κ3) is 5.06. The molecule has 3 aromatic rings. The molecule has 1 aliphatic heterocycles. The fourth-order valence-corrected chi connectivity index (χ4v) is 4.08. The number of benzene rings is 3. The van der Waals surface area contributed by atoms with Gasteiger partial charge in [0, 0.05) is 36.9 Å². The number of carbonyl (C=O) groups is 1. The molecule has 0 radical (unpaired) electrons. The summed E-state index contributed by atoms with van der Waals surface area (Å²) in [6.45, 7) is 4.36. The molecule has 31 heavy (non-hydrogen) atoms. The molecule has 0 saturated carbocycles. The van der Waals surface area contributed by atoms with E-state index in [1.54, 1.807) is 24.0 Å². The fraction of sp³-hybridized carbons (Fsp3) is 0.240. The van der Waals surface area contributed by atoms with Crippen molar-refractivity contribution in [1.29, 1.82) is 0 Å². The first kappa shape index (κ1) is 21.3. The molecule has 1 heterocycles. The van der Waals surface area contributed by atoms with E-state index in [1.807, 2.05) is 30.3 Å². The van der Waals surface area contributed by atoms with Gasteiger partial charge in [-0.05, 0) is 47.9 Å². The van der Waals surface area contributed by atoms with E-state index in [-0.39, 0.29) is 17.9 Å². The molecule has 1 fully saturated rings. The van der Waals surface area contributed by atoms with Crippen molar-refractivity contribution in [1.82, 2.24) is 9.80 Å². The second kappa shape index (κ2) is 9.50. The minimum absolute atomic E-state index is 0.0925. The van der Waals surface area contributed by atoms with Gasteiger partial charge < -0.3 is 10.2 Å². The van der Waals surface area contributed by atoms with Crippen molar-refractivity contribution in [3.63, 3.8) is 0 Å². The van der Waals surface area contributed by atoms with Crippen LogP contribution in [0, 0.1) is 12.7 Å². The lowest BCUT2D eigenvalue weighted by Crippen LogP contribution is -2.51. The Morgan fingerprint density at radius 2 is 1.58 bits per heavy atom. The minimum Gasteiger partial charge on any atom is -0.322 e. The third-order valence-corrected chi connectivity index (χ3v) is 5.94. The Hall–Kier alpha value is -2.89. The number of carbonyl (C=O) groups excluding carboxylic acids is 1. The van der Waals surface area contributed by atoms with Crippen LogP contribution in [0.1, 0.15) is 22.7 Å². The van der Waals surface area contributed by atoms with Crippen LogP contribution in [-0.4, -0.2) is 42.0 Å². The normalized spacial score (nSPS) is 15.5. The molecular formula is C25H25ClFN3O. The summed E-state index contributed by atoms with van der Waals surface area (Å²) < 4.78 is 13.8. The number of aryl methyl sites for hydroxylation is 1. The van der Waals surface area contributed by atoms with Crippen LogP contribution in [-0.2, 0) is 0 Å². The maximum Gasteiger partial charge on any atom is 0.321 e. The maximum atomic E-state index is 13.8. The van der Waals surface area contributed by atoms with E-state index in [9.17, 15) is 9.18 Å². The summed E-state index contributed by atoms with van der Waals surface area (Å²) in [5.41, 5.74) is 3.40. The van der Waals surface area contributed by atoms with Crippen molar-refractivity contribution in [2.45, 2.75) is 13.0 Å². The number of anilines is 1. The van der Waals surface area contributed by atoms with Gasteiger partial charge in [0.25, 0.3) is 0 Å². The van der Waals surface area contributed by atoms with Gasteiger partial charge in [-0.15, -0.1) is 0 Å². The Bertz CT molecular complexity index is 1030. The van der Waals surface area contributed by atoms with Crippen LogP contribution in [0.4, 0.5) is 14.9 Å². The molecular weight excluding hydrogens is 413 g/mol. The molecule has 3 aromatic carbocycles. The number of piperazine rings is 1. The van der Waals surface area contributed by atoms with Gasteiger partial charge in [-0.1, -0.05) is 60.1 Å². The number of urea groups is 1. The first-order chi connectivity index (χ1) is 15.0. The Morgan fingerprint density at radius 3 is 2.23 bits per heavy atom. The summed E-state index contributed by atoms with van der Waals surface area (Å²) in [5, 5.41) is 3.52. The third-order valence-electron chi connectivity index (χ3n) is 5.69. The molecule has 0 unspecified atom stereocenters. The van der Waals surface area contributed by atoms with E-state index in [4.69, 9.17) is 11.6 Å². The van der Waals surface area contributed by atoms with Gasteiger partial charge in [-0.2, -0.15) is 0 Å². The van der Waals surface area contributed by atoms with Crippen molar-refractivity contribution < 1.29 is 9.18 Å². The van der Waals surface area contributed by atoms with Gasteiger partial charge in [0.05, 0.1) is 6.04 Å². The van der Waals surface area contributed by atoms with E-state index in [1.165, 1.54) is 17.2 Å². The summed E-state index contributed by atoms with van der Waals surface area (Å²) in [5.74, 6) is -0.323. The smallest absolute Gasteiger partial charge is 0.321 e. The fourth-order valence-electron chi connectivity index (χ4n) is 3.95. The van der Waals surface area contributed by atoms with Crippen LogP contribution < -0.4 is 5.32 Å². The van der Waals surface area contributed by atoms with E-state index in [0.717, 1.165) is 13.1 Å². The second-order valence-electron chi connectivity index (χ2n) is 7.78. The van der Waals surface area contributed by atoms with E-state index in [2.05, 4.69) is 34.5 Å². The molecule has 0 bridgehead atoms. The molecule has 1 saturated heterocycles. The number of rotatable bonds is 4. The van der Waals surface area contributed by atoms with Crippen LogP contribution in [0.2, 0.25) is 5.02 Å². The molecule has 0 aromatic heterocycles. The second-order valence-corrected chi connectivity index (χ2v) is 8.22. The van der Waals surface area contributed by atoms with E-state index < -0.39 is 0 Å². The predicted molar refractivity (Wildman–Crippen MR) is 123 cm³/mol. The molecule has 4 rings (SSSR count). The number of nitrogens with one attached hydrogen (secondary N) is 1. The molecule has 1 atom stereocenters. The Kier molecular flexibility index (Phi) is 6.54. The molecule has 4 nitrogen and oxygen atoms in total. The number of hydrogen-bond acceptors (Lipinski definition) is 2. The monoisotopic (exact) mass is 437 g/mol. The average molecular weight is 438 g/mol. The van der Waals surface area contributed by atoms with E-state index >= 15 is 0 Å². The standard InChI is InChI=1S/C25H25ClFN3O/c1-18-7-12-22(17-23(18)27)28-25(31)30-15-13-29(14-16-30)24(19-5-3-2-4-6-19)20-8-10-21(26)11-9-20/h2-12,17,24H,13-16H2,1H3,(H,28,31)/t24-/m1/s1. The molecule has 2 amide bonds. The summed E-state index contributed by atoms with van der Waals surface area (Å²) >= 11 is 6.10. The highest BCUT2D eigenvalue weighted by molar-refractivity contribution is 6.30. The van der Waals surface area contributed by atoms with Crippen LogP contribution in [0.15, 0.2) is 72.8 Å². The summed E-state index contributed by atoms with van der Waals surface area (Å²) in [6, 6.07) is 22.9. The highest BCUT2D eigenvalue weighted by Gasteiger charge is 2.28. The predicted octanol–water partition coefficient (Wildman–Crippen LogP) is 5.73. The van der Waals surface area contributed by atoms with Crippen LogP contribution in [0.3, 0.4) is 0 Å². The molecule has 0 aliphatic carbocycles. The Balaban J connectivity index is 1.45. The van der Waals surface area contributed by atoms with Gasteiger partial charge in [0.1, 0.15) is 5.82 Å². The lowest BCUT2D eigenvalue weighted by atomic mass is 9.96. The quantitative estimate of drug-likeness (QED) is 0.566. The van der Waals surface area contributed by atoms with Gasteiger partial charge in [-0.3, -0.25) is 4.90 Å². The van der Waals surface area contributed by atoms with Gasteiger partial charge in [0.2, 0.25) is 0 Å². The zero-order chi connectivity index (χ0) is 21.8. The van der Waals surface area contributed by atoms with Gasteiger partial charge in [-0.25, -0.2) is 9.18 Å². The lowest BCUT2D eigenvalue weighted by molar-refractivity contribution is 0.126. The maximum absolute atomic E-state index is 13.8. The number of nitrogens with zero attached hydrogens (tertiary/aromatic N) is 2. The summed E-state index contributed by atoms with van der Waals surface area (Å²) in [6.07, 6.45) is 0. The van der Waals surface area contributed by atoms with Crippen LogP contribution in [0.5, 0.6) is 0 Å². The number of halogens is 2. The average Bonchev–Trinajstić information content (AvgIpc) is 2.79. The summed E-state index contributed by atoms with van der Waals surface area (Å²) in [4.78, 5) is 16.8. The first-order valence-corrected chi connectivity index (χ1v) is 10.8. The molecule has 1 aliphatic rings. The SMILES string of the molecule is Cc1ccc(NC(=O)N2CCN([C@H](c3ccccc3)c3ccc(Cl)cc3)CC2)cc1F. The van der Waals surface area contributed by atoms with Gasteiger partial charge in [0.15, 0.2) is 0 Å². The molecule has 6 heteroatoms. The number of amides is 2. The van der Waals surface area contributed by atoms with E-state index in [0.29, 0.717) is 29.4 Å². The molecule has 1 N–H and O–H groups in total. The van der Waals surface area contributed by atoms with Gasteiger partial charge >= 0.3 is 6.03 Å². The van der Waals surface area contributed by atoms with Crippen molar-refractivity contribution in [3.8, 4) is 0 Å². The van der Waals surface area contributed by atoms with Crippen LogP contribution in [0.25, 0.3) is 0 Å². The van der Waals surface area contributed by atoms with Crippen molar-refractivity contribution in [3.05, 3.63) is 100 Å². The topological polar surface area (TPSA) is 35.6 Å². The van der Waals surface area contributed by atoms with Crippen molar-refractivity contribution in [2.75, 3.05) is 31.5 Å². The first-order valence-electron chi connectivity index (χ1n) is 10.4. The van der Waals surface area contributed by atoms with Crippen LogP contribution >= 0.6 is 11.6 Å². The summed E-state index contributed by atoms with van der Waals surface area (Å²) in [7, 11) is 0. The molecule has 0 spiro atoms.